The van der Waals surface area contributed by atoms with Gasteiger partial charge in [-0.2, -0.15) is 0 Å². The van der Waals surface area contributed by atoms with Gasteiger partial charge in [0.1, 0.15) is 11.7 Å². The average molecular weight is 492 g/mol. The van der Waals surface area contributed by atoms with Gasteiger partial charge in [0.2, 0.25) is 0 Å². The van der Waals surface area contributed by atoms with Crippen molar-refractivity contribution in [1.29, 1.82) is 0 Å². The molecular formula is C27H30ClN5O2. The zero-order valence-corrected chi connectivity index (χ0v) is 20.1. The Morgan fingerprint density at radius 2 is 1.83 bits per heavy atom. The van der Waals surface area contributed by atoms with Gasteiger partial charge in [-0.3, -0.25) is 14.6 Å². The molecule has 35 heavy (non-hydrogen) atoms. The number of likely N-dealkylation sites (N-methyl/N-ethyl adjacent to an activating group) is 1. The number of halogens is 1. The number of amides is 1. The number of aliphatic imine (C=N–C) groups is 1. The third-order valence-electron chi connectivity index (χ3n) is 5.70. The number of Topliss-reactive ketones (excluding diaryl/α,β-unsaturated/α-hetero) is 1. The predicted molar refractivity (Wildman–Crippen MR) is 143 cm³/mol. The van der Waals surface area contributed by atoms with Crippen LogP contribution in [0.25, 0.3) is 0 Å². The van der Waals surface area contributed by atoms with Crippen LogP contribution >= 0.6 is 11.6 Å². The lowest BCUT2D eigenvalue weighted by atomic mass is 9.97. The molecule has 0 saturated heterocycles. The zero-order valence-electron chi connectivity index (χ0n) is 19.4. The second-order valence-corrected chi connectivity index (χ2v) is 8.79. The molecule has 3 aromatic rings. The Morgan fingerprint density at radius 1 is 1.09 bits per heavy atom. The molecule has 7 nitrogen and oxygen atoms in total. The number of anilines is 2. The molecular weight excluding hydrogens is 462 g/mol. The molecule has 2 heterocycles. The molecule has 182 valence electrons. The number of ketones is 1. The molecule has 1 N–H and O–H groups in total. The first-order chi connectivity index (χ1) is 16.3. The Bertz CT molecular complexity index is 1240. The van der Waals surface area contributed by atoms with Crippen LogP contribution in [0.5, 0.6) is 0 Å². The number of benzene rings is 2. The SMILES string of the molecule is C.CN1CCN=C1c1ccc(C(=O)Cc2ccc(N(C)C)cc2C(=O)Nc2ccc(Cl)cn2)cc1. The molecule has 0 saturated carbocycles. The van der Waals surface area contributed by atoms with Crippen molar-refractivity contribution in [1.82, 2.24) is 9.88 Å². The van der Waals surface area contributed by atoms with Gasteiger partial charge in [0.05, 0.1) is 11.6 Å². The molecule has 0 fully saturated rings. The quantitative estimate of drug-likeness (QED) is 0.480. The number of amidine groups is 1. The second kappa shape index (κ2) is 11.1. The summed E-state index contributed by atoms with van der Waals surface area (Å²) in [5.41, 5.74) is 3.51. The summed E-state index contributed by atoms with van der Waals surface area (Å²) in [4.78, 5) is 38.9. The molecule has 2 aromatic carbocycles. The first-order valence-electron chi connectivity index (χ1n) is 10.9. The van der Waals surface area contributed by atoms with Gasteiger partial charge >= 0.3 is 0 Å². The molecule has 1 aliphatic heterocycles. The van der Waals surface area contributed by atoms with Crippen LogP contribution in [0.4, 0.5) is 11.5 Å². The minimum atomic E-state index is -0.334. The first-order valence-corrected chi connectivity index (χ1v) is 11.3. The maximum absolute atomic E-state index is 13.1. The van der Waals surface area contributed by atoms with E-state index in [1.807, 2.05) is 62.4 Å². The number of pyridine rings is 1. The van der Waals surface area contributed by atoms with Crippen LogP contribution in [0, 0.1) is 0 Å². The number of nitrogens with zero attached hydrogens (tertiary/aromatic N) is 4. The van der Waals surface area contributed by atoms with E-state index in [1.54, 1.807) is 18.2 Å². The van der Waals surface area contributed by atoms with Crippen molar-refractivity contribution >= 4 is 40.6 Å². The van der Waals surface area contributed by atoms with E-state index in [-0.39, 0.29) is 25.5 Å². The number of nitrogens with one attached hydrogen (secondary N) is 1. The summed E-state index contributed by atoms with van der Waals surface area (Å²) >= 11 is 5.89. The molecule has 0 bridgehead atoms. The average Bonchev–Trinajstić information content (AvgIpc) is 3.26. The summed E-state index contributed by atoms with van der Waals surface area (Å²) in [6.45, 7) is 1.68. The molecule has 1 aromatic heterocycles. The van der Waals surface area contributed by atoms with Crippen molar-refractivity contribution in [2.75, 3.05) is 44.4 Å². The number of hydrogen-bond acceptors (Lipinski definition) is 6. The fourth-order valence-corrected chi connectivity index (χ4v) is 3.88. The molecule has 0 aliphatic carbocycles. The largest absolute Gasteiger partial charge is 0.378 e. The van der Waals surface area contributed by atoms with Crippen LogP contribution < -0.4 is 10.2 Å². The minimum absolute atomic E-state index is 0. The van der Waals surface area contributed by atoms with E-state index in [9.17, 15) is 9.59 Å². The van der Waals surface area contributed by atoms with Gasteiger partial charge in [-0.1, -0.05) is 49.4 Å². The van der Waals surface area contributed by atoms with Crippen LogP contribution in [-0.2, 0) is 6.42 Å². The highest BCUT2D eigenvalue weighted by Gasteiger charge is 2.19. The van der Waals surface area contributed by atoms with Crippen molar-refractivity contribution in [3.63, 3.8) is 0 Å². The van der Waals surface area contributed by atoms with E-state index >= 15 is 0 Å². The third kappa shape index (κ3) is 6.05. The number of carbonyl (C=O) groups excluding carboxylic acids is 2. The van der Waals surface area contributed by atoms with Crippen molar-refractivity contribution in [3.05, 3.63) is 88.1 Å². The van der Waals surface area contributed by atoms with E-state index in [1.165, 1.54) is 6.20 Å². The van der Waals surface area contributed by atoms with E-state index in [0.717, 1.165) is 30.2 Å². The van der Waals surface area contributed by atoms with Gasteiger partial charge in [0.15, 0.2) is 5.78 Å². The summed E-state index contributed by atoms with van der Waals surface area (Å²) in [6.07, 6.45) is 1.57. The smallest absolute Gasteiger partial charge is 0.257 e. The minimum Gasteiger partial charge on any atom is -0.378 e. The van der Waals surface area contributed by atoms with Crippen molar-refractivity contribution < 1.29 is 9.59 Å². The second-order valence-electron chi connectivity index (χ2n) is 8.36. The maximum atomic E-state index is 13.1. The van der Waals surface area contributed by atoms with Gasteiger partial charge in [-0.25, -0.2) is 4.98 Å². The van der Waals surface area contributed by atoms with Gasteiger partial charge in [0, 0.05) is 62.7 Å². The lowest BCUT2D eigenvalue weighted by Gasteiger charge is -2.17. The molecule has 1 amide bonds. The standard InChI is InChI=1S/C26H26ClN5O2.CH4/c1-31(2)21-10-8-19(22(15-21)26(34)30-24-11-9-20(27)16-29-24)14-23(33)17-4-6-18(7-5-17)25-28-12-13-32(25)3;/h4-11,15-16H,12-14H2,1-3H3,(H,29,30,34);1H4. The monoisotopic (exact) mass is 491 g/mol. The lowest BCUT2D eigenvalue weighted by molar-refractivity contribution is 0.0992. The molecule has 0 unspecified atom stereocenters. The molecule has 8 heteroatoms. The Morgan fingerprint density at radius 3 is 2.43 bits per heavy atom. The van der Waals surface area contributed by atoms with Gasteiger partial charge < -0.3 is 15.1 Å². The summed E-state index contributed by atoms with van der Waals surface area (Å²) in [5.74, 6) is 0.925. The van der Waals surface area contributed by atoms with Gasteiger partial charge in [0.25, 0.3) is 5.91 Å². The number of rotatable bonds is 7. The van der Waals surface area contributed by atoms with Crippen molar-refractivity contribution in [3.8, 4) is 0 Å². The Balaban J connectivity index is 0.00000342. The molecule has 4 rings (SSSR count). The highest BCUT2D eigenvalue weighted by Crippen LogP contribution is 2.22. The predicted octanol–water partition coefficient (Wildman–Crippen LogP) is 4.81. The van der Waals surface area contributed by atoms with Gasteiger partial charge in [-0.15, -0.1) is 0 Å². The van der Waals surface area contributed by atoms with Crippen molar-refractivity contribution in [2.24, 2.45) is 4.99 Å². The summed E-state index contributed by atoms with van der Waals surface area (Å²) in [5, 5.41) is 3.27. The van der Waals surface area contributed by atoms with E-state index < -0.39 is 0 Å². The van der Waals surface area contributed by atoms with Crippen LogP contribution in [0.2, 0.25) is 5.02 Å². The maximum Gasteiger partial charge on any atom is 0.257 e. The van der Waals surface area contributed by atoms with Crippen LogP contribution in [0.15, 0.2) is 65.8 Å². The Kier molecular flexibility index (Phi) is 8.25. The van der Waals surface area contributed by atoms with Crippen LogP contribution in [0.3, 0.4) is 0 Å². The third-order valence-corrected chi connectivity index (χ3v) is 5.92. The fourth-order valence-electron chi connectivity index (χ4n) is 3.77. The summed E-state index contributed by atoms with van der Waals surface area (Å²) < 4.78 is 0. The summed E-state index contributed by atoms with van der Waals surface area (Å²) in [7, 11) is 5.81. The number of carbonyl (C=O) groups is 2. The molecule has 1 aliphatic rings. The zero-order chi connectivity index (χ0) is 24.2. The first kappa shape index (κ1) is 25.9. The Labute approximate surface area is 211 Å². The van der Waals surface area contributed by atoms with Crippen LogP contribution in [0.1, 0.15) is 39.3 Å². The van der Waals surface area contributed by atoms with E-state index in [0.29, 0.717) is 27.5 Å². The van der Waals surface area contributed by atoms with Gasteiger partial charge in [-0.05, 0) is 29.8 Å². The fraction of sp³-hybridized carbons (Fsp3) is 0.259. The van der Waals surface area contributed by atoms with E-state index in [4.69, 9.17) is 11.6 Å². The highest BCUT2D eigenvalue weighted by molar-refractivity contribution is 6.30. The molecule has 0 radical (unpaired) electrons. The molecule has 0 spiro atoms. The number of hydrogen-bond donors (Lipinski definition) is 1. The van der Waals surface area contributed by atoms with Crippen LogP contribution in [-0.4, -0.2) is 61.6 Å². The highest BCUT2D eigenvalue weighted by atomic mass is 35.5. The Hall–Kier alpha value is -3.71. The topological polar surface area (TPSA) is 77.9 Å². The molecule has 0 atom stereocenters. The van der Waals surface area contributed by atoms with Crippen molar-refractivity contribution in [2.45, 2.75) is 13.8 Å². The van der Waals surface area contributed by atoms with E-state index in [2.05, 4.69) is 20.2 Å². The number of aromatic nitrogens is 1. The lowest BCUT2D eigenvalue weighted by Crippen LogP contribution is -2.23. The normalized spacial score (nSPS) is 12.6. The summed E-state index contributed by atoms with van der Waals surface area (Å²) in [6, 6.07) is 16.3.